The standard InChI is InChI=1S/C13H9ClF2OS/c14-9-3-6-12(17)11(7-9)8-1-4-10(5-2-8)18-13(15)16/h1-7,13,17H. The lowest BCUT2D eigenvalue weighted by Crippen LogP contribution is -1.83. The monoisotopic (exact) mass is 286 g/mol. The molecule has 0 atom stereocenters. The molecule has 0 unspecified atom stereocenters. The third-order valence-electron chi connectivity index (χ3n) is 2.35. The Bertz CT molecular complexity index is 543. The van der Waals surface area contributed by atoms with Crippen LogP contribution < -0.4 is 0 Å². The average Bonchev–Trinajstić information content (AvgIpc) is 2.33. The van der Waals surface area contributed by atoms with Gasteiger partial charge in [0.15, 0.2) is 0 Å². The lowest BCUT2D eigenvalue weighted by atomic mass is 10.1. The van der Waals surface area contributed by atoms with Gasteiger partial charge in [0.1, 0.15) is 5.75 Å². The fraction of sp³-hybridized carbons (Fsp3) is 0.0769. The Balaban J connectivity index is 2.31. The van der Waals surface area contributed by atoms with Gasteiger partial charge >= 0.3 is 0 Å². The number of hydrogen-bond donors (Lipinski definition) is 1. The van der Waals surface area contributed by atoms with E-state index < -0.39 is 5.76 Å². The van der Waals surface area contributed by atoms with Crippen molar-refractivity contribution in [3.8, 4) is 16.9 Å². The summed E-state index contributed by atoms with van der Waals surface area (Å²) in [6.07, 6.45) is 0. The van der Waals surface area contributed by atoms with E-state index in [9.17, 15) is 13.9 Å². The van der Waals surface area contributed by atoms with E-state index in [1.807, 2.05) is 0 Å². The van der Waals surface area contributed by atoms with Crippen molar-refractivity contribution in [2.75, 3.05) is 0 Å². The molecule has 0 saturated heterocycles. The zero-order chi connectivity index (χ0) is 13.1. The molecular formula is C13H9ClF2OS. The van der Waals surface area contributed by atoms with Gasteiger partial charge in [0.25, 0.3) is 5.76 Å². The molecule has 0 saturated carbocycles. The van der Waals surface area contributed by atoms with Crippen molar-refractivity contribution in [2.24, 2.45) is 0 Å². The zero-order valence-electron chi connectivity index (χ0n) is 9.11. The highest BCUT2D eigenvalue weighted by atomic mass is 35.5. The normalized spacial score (nSPS) is 10.9. The number of thioether (sulfide) groups is 1. The van der Waals surface area contributed by atoms with Gasteiger partial charge in [0.2, 0.25) is 0 Å². The molecule has 2 aromatic carbocycles. The smallest absolute Gasteiger partial charge is 0.288 e. The summed E-state index contributed by atoms with van der Waals surface area (Å²) in [5, 5.41) is 10.2. The summed E-state index contributed by atoms with van der Waals surface area (Å²) < 4.78 is 24.3. The molecule has 0 spiro atoms. The van der Waals surface area contributed by atoms with Gasteiger partial charge in [0.05, 0.1) is 0 Å². The van der Waals surface area contributed by atoms with Crippen molar-refractivity contribution in [1.82, 2.24) is 0 Å². The van der Waals surface area contributed by atoms with Crippen LogP contribution in [0.15, 0.2) is 47.4 Å². The SMILES string of the molecule is Oc1ccc(Cl)cc1-c1ccc(SC(F)F)cc1. The lowest BCUT2D eigenvalue weighted by molar-refractivity contribution is 0.252. The molecule has 0 heterocycles. The number of aromatic hydroxyl groups is 1. The molecule has 0 aliphatic rings. The predicted molar refractivity (Wildman–Crippen MR) is 70.4 cm³/mol. The van der Waals surface area contributed by atoms with Crippen molar-refractivity contribution in [3.05, 3.63) is 47.5 Å². The van der Waals surface area contributed by atoms with E-state index in [0.717, 1.165) is 5.56 Å². The first-order valence-electron chi connectivity index (χ1n) is 5.10. The van der Waals surface area contributed by atoms with Crippen LogP contribution in [0.5, 0.6) is 5.75 Å². The summed E-state index contributed by atoms with van der Waals surface area (Å²) in [5.41, 5.74) is 1.31. The summed E-state index contributed by atoms with van der Waals surface area (Å²) in [6.45, 7) is 0. The lowest BCUT2D eigenvalue weighted by Gasteiger charge is -2.06. The van der Waals surface area contributed by atoms with Crippen LogP contribution in [0.2, 0.25) is 5.02 Å². The maximum Gasteiger partial charge on any atom is 0.288 e. The highest BCUT2D eigenvalue weighted by Crippen LogP contribution is 2.33. The quantitative estimate of drug-likeness (QED) is 0.799. The molecule has 0 amide bonds. The first-order chi connectivity index (χ1) is 8.56. The zero-order valence-corrected chi connectivity index (χ0v) is 10.7. The Morgan fingerprint density at radius 2 is 1.72 bits per heavy atom. The van der Waals surface area contributed by atoms with Crippen LogP contribution in [0.1, 0.15) is 0 Å². The number of rotatable bonds is 3. The van der Waals surface area contributed by atoms with Crippen molar-refractivity contribution >= 4 is 23.4 Å². The molecule has 0 radical (unpaired) electrons. The average molecular weight is 287 g/mol. The number of halogens is 3. The van der Waals surface area contributed by atoms with Gasteiger partial charge in [-0.2, -0.15) is 8.78 Å². The van der Waals surface area contributed by atoms with Crippen LogP contribution in [-0.2, 0) is 0 Å². The fourth-order valence-electron chi connectivity index (χ4n) is 1.56. The number of hydrogen-bond acceptors (Lipinski definition) is 2. The summed E-state index contributed by atoms with van der Waals surface area (Å²) in [5.74, 6) is -2.33. The number of alkyl halides is 2. The molecular weight excluding hydrogens is 278 g/mol. The van der Waals surface area contributed by atoms with Crippen molar-refractivity contribution in [1.29, 1.82) is 0 Å². The van der Waals surface area contributed by atoms with E-state index in [0.29, 0.717) is 27.2 Å². The van der Waals surface area contributed by atoms with E-state index in [-0.39, 0.29) is 5.75 Å². The molecule has 0 bridgehead atoms. The van der Waals surface area contributed by atoms with E-state index >= 15 is 0 Å². The Kier molecular flexibility index (Phi) is 4.09. The molecule has 0 fully saturated rings. The Hall–Kier alpha value is -1.26. The maximum absolute atomic E-state index is 12.2. The summed E-state index contributed by atoms with van der Waals surface area (Å²) in [6, 6.07) is 11.2. The molecule has 1 N–H and O–H groups in total. The van der Waals surface area contributed by atoms with Crippen LogP contribution in [-0.4, -0.2) is 10.9 Å². The minimum atomic E-state index is -2.43. The minimum absolute atomic E-state index is 0.105. The van der Waals surface area contributed by atoms with Crippen molar-refractivity contribution in [2.45, 2.75) is 10.7 Å². The third kappa shape index (κ3) is 3.15. The van der Waals surface area contributed by atoms with Crippen molar-refractivity contribution in [3.63, 3.8) is 0 Å². The first kappa shape index (κ1) is 13.2. The second kappa shape index (κ2) is 5.59. The van der Waals surface area contributed by atoms with E-state index in [4.69, 9.17) is 11.6 Å². The first-order valence-corrected chi connectivity index (χ1v) is 6.36. The summed E-state index contributed by atoms with van der Waals surface area (Å²) in [7, 11) is 0. The largest absolute Gasteiger partial charge is 0.507 e. The second-order valence-corrected chi connectivity index (χ2v) is 5.06. The molecule has 0 aliphatic carbocycles. The van der Waals surface area contributed by atoms with Gasteiger partial charge in [-0.05, 0) is 35.9 Å². The van der Waals surface area contributed by atoms with Crippen LogP contribution in [0, 0.1) is 0 Å². The van der Waals surface area contributed by atoms with Crippen LogP contribution in [0.25, 0.3) is 11.1 Å². The van der Waals surface area contributed by atoms with Gasteiger partial charge in [-0.3, -0.25) is 0 Å². The molecule has 0 aliphatic heterocycles. The molecule has 2 aromatic rings. The van der Waals surface area contributed by atoms with Gasteiger partial charge < -0.3 is 5.11 Å². The van der Waals surface area contributed by atoms with E-state index in [2.05, 4.69) is 0 Å². The Morgan fingerprint density at radius 3 is 2.33 bits per heavy atom. The summed E-state index contributed by atoms with van der Waals surface area (Å²) >= 11 is 6.34. The van der Waals surface area contributed by atoms with Crippen LogP contribution >= 0.6 is 23.4 Å². The highest BCUT2D eigenvalue weighted by Gasteiger charge is 2.07. The van der Waals surface area contributed by atoms with Crippen molar-refractivity contribution < 1.29 is 13.9 Å². The second-order valence-electron chi connectivity index (χ2n) is 3.56. The molecule has 18 heavy (non-hydrogen) atoms. The van der Waals surface area contributed by atoms with Crippen LogP contribution in [0.4, 0.5) is 8.78 Å². The molecule has 5 heteroatoms. The number of benzene rings is 2. The Morgan fingerprint density at radius 1 is 1.06 bits per heavy atom. The van der Waals surface area contributed by atoms with E-state index in [1.165, 1.54) is 6.07 Å². The number of phenolic OH excluding ortho intramolecular Hbond substituents is 1. The molecule has 0 aromatic heterocycles. The van der Waals surface area contributed by atoms with Gasteiger partial charge in [-0.1, -0.05) is 35.5 Å². The van der Waals surface area contributed by atoms with Crippen LogP contribution in [0.3, 0.4) is 0 Å². The topological polar surface area (TPSA) is 20.2 Å². The number of phenols is 1. The predicted octanol–water partition coefficient (Wildman–Crippen LogP) is 5.03. The fourth-order valence-corrected chi connectivity index (χ4v) is 2.23. The highest BCUT2D eigenvalue weighted by molar-refractivity contribution is 7.99. The molecule has 94 valence electrons. The summed E-state index contributed by atoms with van der Waals surface area (Å²) in [4.78, 5) is 0.482. The van der Waals surface area contributed by atoms with E-state index in [1.54, 1.807) is 36.4 Å². The Labute approximate surface area is 112 Å². The van der Waals surface area contributed by atoms with Gasteiger partial charge in [-0.15, -0.1) is 0 Å². The molecule has 1 nitrogen and oxygen atoms in total. The molecule has 2 rings (SSSR count). The van der Waals surface area contributed by atoms with Gasteiger partial charge in [-0.25, -0.2) is 0 Å². The maximum atomic E-state index is 12.2. The minimum Gasteiger partial charge on any atom is -0.507 e. The van der Waals surface area contributed by atoms with Gasteiger partial charge in [0, 0.05) is 15.5 Å². The third-order valence-corrected chi connectivity index (χ3v) is 3.31.